The lowest BCUT2D eigenvalue weighted by molar-refractivity contribution is 0.143. The normalized spacial score (nSPS) is 11.1. The van der Waals surface area contributed by atoms with Gasteiger partial charge >= 0.3 is 0 Å². The molecule has 0 aliphatic carbocycles. The van der Waals surface area contributed by atoms with Crippen molar-refractivity contribution in [1.82, 2.24) is 9.97 Å². The van der Waals surface area contributed by atoms with Crippen molar-refractivity contribution in [1.29, 1.82) is 0 Å². The van der Waals surface area contributed by atoms with Crippen molar-refractivity contribution >= 4 is 17.7 Å². The van der Waals surface area contributed by atoms with Crippen LogP contribution in [-0.2, 0) is 11.3 Å². The number of aromatic nitrogens is 2. The van der Waals surface area contributed by atoms with E-state index in [1.54, 1.807) is 6.07 Å². The van der Waals surface area contributed by atoms with Crippen molar-refractivity contribution in [2.45, 2.75) is 13.5 Å². The Hall–Kier alpha value is -1.71. The summed E-state index contributed by atoms with van der Waals surface area (Å²) in [6.45, 7) is 2.76. The number of hydrogen-bond acceptors (Lipinski definition) is 3. The van der Waals surface area contributed by atoms with Crippen LogP contribution in [0.2, 0.25) is 5.15 Å². The number of ether oxygens (including phenoxy) is 1. The van der Waals surface area contributed by atoms with Crippen molar-refractivity contribution in [2.75, 3.05) is 6.61 Å². The average Bonchev–Trinajstić information content (AvgIpc) is 2.38. The van der Waals surface area contributed by atoms with E-state index in [-0.39, 0.29) is 0 Å². The molecule has 0 atom stereocenters. The molecular weight excluding hydrogens is 260 g/mol. The van der Waals surface area contributed by atoms with E-state index in [0.717, 1.165) is 11.3 Å². The van der Waals surface area contributed by atoms with Gasteiger partial charge in [-0.1, -0.05) is 54.1 Å². The molecule has 2 rings (SSSR count). The lowest BCUT2D eigenvalue weighted by atomic mass is 10.2. The Morgan fingerprint density at radius 1 is 1.21 bits per heavy atom. The average molecular weight is 275 g/mol. The molecule has 1 aromatic carbocycles. The molecule has 0 amide bonds. The molecule has 1 aromatic heterocycles. The van der Waals surface area contributed by atoms with Crippen LogP contribution in [0.15, 0.2) is 42.5 Å². The molecule has 2 aromatic rings. The Kier molecular flexibility index (Phi) is 5.07. The minimum absolute atomic E-state index is 0.362. The van der Waals surface area contributed by atoms with Crippen LogP contribution in [0.25, 0.3) is 6.08 Å². The summed E-state index contributed by atoms with van der Waals surface area (Å²) >= 11 is 5.85. The molecule has 3 nitrogen and oxygen atoms in total. The molecule has 0 bridgehead atoms. The second kappa shape index (κ2) is 7.02. The molecule has 0 spiro atoms. The van der Waals surface area contributed by atoms with Gasteiger partial charge in [-0.25, -0.2) is 9.97 Å². The summed E-state index contributed by atoms with van der Waals surface area (Å²) in [5, 5.41) is 0.450. The lowest BCUT2D eigenvalue weighted by Crippen LogP contribution is -2.00. The fourth-order valence-corrected chi connectivity index (χ4v) is 1.88. The van der Waals surface area contributed by atoms with E-state index in [4.69, 9.17) is 16.3 Å². The molecular formula is C15H15ClN2O. The van der Waals surface area contributed by atoms with E-state index in [9.17, 15) is 0 Å². The van der Waals surface area contributed by atoms with Gasteiger partial charge in [-0.05, 0) is 18.6 Å². The second-order valence-electron chi connectivity index (χ2n) is 4.08. The molecule has 4 heteroatoms. The van der Waals surface area contributed by atoms with E-state index >= 15 is 0 Å². The summed E-state index contributed by atoms with van der Waals surface area (Å²) in [5.74, 6) is 0.609. The number of halogens is 1. The molecule has 0 saturated heterocycles. The van der Waals surface area contributed by atoms with Crippen LogP contribution in [0.1, 0.15) is 17.1 Å². The highest BCUT2D eigenvalue weighted by molar-refractivity contribution is 6.29. The van der Waals surface area contributed by atoms with Crippen molar-refractivity contribution in [2.24, 2.45) is 0 Å². The van der Waals surface area contributed by atoms with Crippen molar-refractivity contribution in [3.63, 3.8) is 0 Å². The maximum atomic E-state index is 5.85. The minimum atomic E-state index is 0.362. The Bertz CT molecular complexity index is 535. The first-order valence-corrected chi connectivity index (χ1v) is 6.41. The topological polar surface area (TPSA) is 35.0 Å². The van der Waals surface area contributed by atoms with Gasteiger partial charge in [0.1, 0.15) is 11.8 Å². The van der Waals surface area contributed by atoms with E-state index in [2.05, 4.69) is 9.97 Å². The van der Waals surface area contributed by atoms with Crippen molar-refractivity contribution in [3.05, 3.63) is 64.7 Å². The maximum absolute atomic E-state index is 5.85. The van der Waals surface area contributed by atoms with Gasteiger partial charge in [0.15, 0.2) is 5.82 Å². The molecule has 0 fully saturated rings. The van der Waals surface area contributed by atoms with Gasteiger partial charge in [0.2, 0.25) is 0 Å². The quantitative estimate of drug-likeness (QED) is 0.616. The first kappa shape index (κ1) is 13.7. The molecule has 19 heavy (non-hydrogen) atoms. The number of rotatable bonds is 5. The van der Waals surface area contributed by atoms with Crippen LogP contribution in [0.3, 0.4) is 0 Å². The zero-order valence-corrected chi connectivity index (χ0v) is 11.5. The molecule has 1 heterocycles. The largest absolute Gasteiger partial charge is 0.369 e. The van der Waals surface area contributed by atoms with Crippen LogP contribution in [0, 0.1) is 6.92 Å². The van der Waals surface area contributed by atoms with Gasteiger partial charge in [0.05, 0.1) is 6.61 Å². The SMILES string of the molecule is Cc1cc(Cl)nc(COC/C=C/c2ccccc2)n1. The highest BCUT2D eigenvalue weighted by atomic mass is 35.5. The molecule has 0 saturated carbocycles. The summed E-state index contributed by atoms with van der Waals surface area (Å²) in [6.07, 6.45) is 3.98. The van der Waals surface area contributed by atoms with Gasteiger partial charge < -0.3 is 4.74 Å². The summed E-state index contributed by atoms with van der Waals surface area (Å²) in [4.78, 5) is 8.34. The minimum Gasteiger partial charge on any atom is -0.369 e. The molecule has 0 N–H and O–H groups in total. The third kappa shape index (κ3) is 4.81. The number of nitrogens with zero attached hydrogens (tertiary/aromatic N) is 2. The monoisotopic (exact) mass is 274 g/mol. The second-order valence-corrected chi connectivity index (χ2v) is 4.46. The van der Waals surface area contributed by atoms with Gasteiger partial charge in [0.25, 0.3) is 0 Å². The summed E-state index contributed by atoms with van der Waals surface area (Å²) in [6, 6.07) is 11.8. The lowest BCUT2D eigenvalue weighted by Gasteiger charge is -2.02. The fourth-order valence-electron chi connectivity index (χ4n) is 1.62. The highest BCUT2D eigenvalue weighted by Crippen LogP contribution is 2.07. The zero-order chi connectivity index (χ0) is 13.5. The third-order valence-electron chi connectivity index (χ3n) is 2.42. The van der Waals surface area contributed by atoms with Gasteiger partial charge in [-0.3, -0.25) is 0 Å². The highest BCUT2D eigenvalue weighted by Gasteiger charge is 1.99. The standard InChI is InChI=1S/C15H15ClN2O/c1-12-10-14(16)18-15(17-12)11-19-9-5-8-13-6-3-2-4-7-13/h2-8,10H,9,11H2,1H3/b8-5+. The summed E-state index contributed by atoms with van der Waals surface area (Å²) < 4.78 is 5.48. The predicted octanol–water partition coefficient (Wildman–Crippen LogP) is 3.67. The smallest absolute Gasteiger partial charge is 0.155 e. The van der Waals surface area contributed by atoms with Gasteiger partial charge in [-0.2, -0.15) is 0 Å². The Morgan fingerprint density at radius 3 is 2.74 bits per heavy atom. The molecule has 0 unspecified atom stereocenters. The van der Waals surface area contributed by atoms with Crippen LogP contribution in [0.4, 0.5) is 0 Å². The molecule has 0 aliphatic rings. The van der Waals surface area contributed by atoms with E-state index < -0.39 is 0 Å². The maximum Gasteiger partial charge on any atom is 0.155 e. The van der Waals surface area contributed by atoms with Gasteiger partial charge in [-0.15, -0.1) is 0 Å². The van der Waals surface area contributed by atoms with Gasteiger partial charge in [0, 0.05) is 5.69 Å². The summed E-state index contributed by atoms with van der Waals surface area (Å²) in [7, 11) is 0. The Morgan fingerprint density at radius 2 is 2.00 bits per heavy atom. The van der Waals surface area contributed by atoms with Crippen LogP contribution in [0.5, 0.6) is 0 Å². The van der Waals surface area contributed by atoms with Crippen LogP contribution in [-0.4, -0.2) is 16.6 Å². The van der Waals surface area contributed by atoms with Crippen molar-refractivity contribution < 1.29 is 4.74 Å². The summed E-state index contributed by atoms with van der Waals surface area (Å²) in [5.41, 5.74) is 2.00. The zero-order valence-electron chi connectivity index (χ0n) is 10.7. The molecule has 98 valence electrons. The first-order chi connectivity index (χ1) is 9.24. The number of hydrogen-bond donors (Lipinski definition) is 0. The Balaban J connectivity index is 1.79. The van der Waals surface area contributed by atoms with Crippen LogP contribution >= 0.6 is 11.6 Å². The predicted molar refractivity (Wildman–Crippen MR) is 76.9 cm³/mol. The Labute approximate surface area is 117 Å². The molecule has 0 radical (unpaired) electrons. The van der Waals surface area contributed by atoms with E-state index in [1.807, 2.05) is 49.4 Å². The number of aryl methyl sites for hydroxylation is 1. The van der Waals surface area contributed by atoms with E-state index in [0.29, 0.717) is 24.2 Å². The van der Waals surface area contributed by atoms with Crippen LogP contribution < -0.4 is 0 Å². The van der Waals surface area contributed by atoms with E-state index in [1.165, 1.54) is 0 Å². The van der Waals surface area contributed by atoms with Crippen molar-refractivity contribution in [3.8, 4) is 0 Å². The first-order valence-electron chi connectivity index (χ1n) is 6.03. The molecule has 0 aliphatic heterocycles. The third-order valence-corrected chi connectivity index (χ3v) is 2.62. The fraction of sp³-hybridized carbons (Fsp3) is 0.200. The number of benzene rings is 1.